The Hall–Kier alpha value is -0.390. The zero-order valence-electron chi connectivity index (χ0n) is 10.5. The van der Waals surface area contributed by atoms with Crippen molar-refractivity contribution in [2.24, 2.45) is 11.1 Å². The van der Waals surface area contributed by atoms with Crippen LogP contribution in [0.4, 0.5) is 0 Å². The second-order valence-corrected chi connectivity index (χ2v) is 6.56. The van der Waals surface area contributed by atoms with Gasteiger partial charge in [-0.05, 0) is 46.3 Å². The summed E-state index contributed by atoms with van der Waals surface area (Å²) in [5.41, 5.74) is 5.67. The summed E-state index contributed by atoms with van der Waals surface area (Å²) < 4.78 is 0.872. The van der Waals surface area contributed by atoms with E-state index >= 15 is 0 Å². The van der Waals surface area contributed by atoms with E-state index in [-0.39, 0.29) is 11.3 Å². The van der Waals surface area contributed by atoms with Crippen LogP contribution in [0.3, 0.4) is 0 Å². The highest BCUT2D eigenvalue weighted by atomic mass is 79.9. The minimum Gasteiger partial charge on any atom is -0.338 e. The third-order valence-electron chi connectivity index (χ3n) is 2.65. The average Bonchev–Trinajstić information content (AvgIpc) is 2.71. The van der Waals surface area contributed by atoms with Crippen molar-refractivity contribution in [3.63, 3.8) is 0 Å². The van der Waals surface area contributed by atoms with Gasteiger partial charge in [0.2, 0.25) is 0 Å². The standard InChI is InChI=1S/C12H19BrN2OS/c1-4-15(8-12(2,3)7-14)11(16)10-9(13)5-6-17-10/h5-6H,4,7-8,14H2,1-3H3. The van der Waals surface area contributed by atoms with Crippen LogP contribution in [0, 0.1) is 5.41 Å². The molecule has 0 spiro atoms. The number of halogens is 1. The molecule has 0 aliphatic heterocycles. The van der Waals surface area contributed by atoms with Gasteiger partial charge in [0.1, 0.15) is 4.88 Å². The van der Waals surface area contributed by atoms with Crippen LogP contribution in [0.15, 0.2) is 15.9 Å². The fourth-order valence-corrected chi connectivity index (χ4v) is 3.01. The topological polar surface area (TPSA) is 46.3 Å². The van der Waals surface area contributed by atoms with Crippen LogP contribution in [-0.4, -0.2) is 30.4 Å². The second kappa shape index (κ2) is 5.98. The molecular formula is C12H19BrN2OS. The highest BCUT2D eigenvalue weighted by Gasteiger charge is 2.25. The highest BCUT2D eigenvalue weighted by molar-refractivity contribution is 9.10. The quantitative estimate of drug-likeness (QED) is 0.907. The molecule has 3 nitrogen and oxygen atoms in total. The lowest BCUT2D eigenvalue weighted by Gasteiger charge is -2.30. The van der Waals surface area contributed by atoms with E-state index in [4.69, 9.17) is 5.73 Å². The predicted octanol–water partition coefficient (Wildman–Crippen LogP) is 2.96. The molecule has 0 atom stereocenters. The molecule has 0 radical (unpaired) electrons. The molecule has 17 heavy (non-hydrogen) atoms. The number of carbonyl (C=O) groups excluding carboxylic acids is 1. The number of hydrogen-bond donors (Lipinski definition) is 1. The monoisotopic (exact) mass is 318 g/mol. The van der Waals surface area contributed by atoms with Crippen LogP contribution >= 0.6 is 27.3 Å². The van der Waals surface area contributed by atoms with Gasteiger partial charge in [-0.15, -0.1) is 11.3 Å². The number of nitrogens with zero attached hydrogens (tertiary/aromatic N) is 1. The third-order valence-corrected chi connectivity index (χ3v) is 4.48. The molecular weight excluding hydrogens is 300 g/mol. The van der Waals surface area contributed by atoms with Crippen LogP contribution in [-0.2, 0) is 0 Å². The molecule has 0 fully saturated rings. The predicted molar refractivity (Wildman–Crippen MR) is 76.4 cm³/mol. The summed E-state index contributed by atoms with van der Waals surface area (Å²) in [5, 5.41) is 1.92. The van der Waals surface area contributed by atoms with Gasteiger partial charge in [0.15, 0.2) is 0 Å². The Balaban J connectivity index is 2.82. The Morgan fingerprint density at radius 1 is 1.59 bits per heavy atom. The van der Waals surface area contributed by atoms with Gasteiger partial charge in [-0.3, -0.25) is 4.79 Å². The van der Waals surface area contributed by atoms with E-state index in [0.29, 0.717) is 19.6 Å². The Bertz CT molecular complexity index is 390. The number of amides is 1. The lowest BCUT2D eigenvalue weighted by atomic mass is 9.93. The highest BCUT2D eigenvalue weighted by Crippen LogP contribution is 2.25. The van der Waals surface area contributed by atoms with E-state index in [9.17, 15) is 4.79 Å². The smallest absolute Gasteiger partial charge is 0.265 e. The van der Waals surface area contributed by atoms with E-state index in [2.05, 4.69) is 29.8 Å². The second-order valence-electron chi connectivity index (χ2n) is 4.79. The van der Waals surface area contributed by atoms with Gasteiger partial charge in [0, 0.05) is 17.6 Å². The number of hydrogen-bond acceptors (Lipinski definition) is 3. The number of rotatable bonds is 5. The van der Waals surface area contributed by atoms with Crippen LogP contribution in [0.25, 0.3) is 0 Å². The molecule has 5 heteroatoms. The maximum absolute atomic E-state index is 12.3. The molecule has 1 amide bonds. The number of nitrogens with two attached hydrogens (primary N) is 1. The lowest BCUT2D eigenvalue weighted by molar-refractivity contribution is 0.0705. The largest absolute Gasteiger partial charge is 0.338 e. The summed E-state index contributed by atoms with van der Waals surface area (Å²) in [7, 11) is 0. The summed E-state index contributed by atoms with van der Waals surface area (Å²) in [6.45, 7) is 8.10. The molecule has 2 N–H and O–H groups in total. The van der Waals surface area contributed by atoms with Crippen molar-refractivity contribution in [1.82, 2.24) is 4.90 Å². The van der Waals surface area contributed by atoms with Gasteiger partial charge in [-0.2, -0.15) is 0 Å². The molecule has 0 saturated carbocycles. The Morgan fingerprint density at radius 3 is 2.65 bits per heavy atom. The van der Waals surface area contributed by atoms with Gasteiger partial charge in [-0.1, -0.05) is 13.8 Å². The van der Waals surface area contributed by atoms with Crippen molar-refractivity contribution in [3.8, 4) is 0 Å². The molecule has 0 saturated heterocycles. The first-order valence-electron chi connectivity index (χ1n) is 5.63. The van der Waals surface area contributed by atoms with Crippen molar-refractivity contribution in [3.05, 3.63) is 20.8 Å². The zero-order valence-corrected chi connectivity index (χ0v) is 12.9. The van der Waals surface area contributed by atoms with Crippen molar-refractivity contribution in [1.29, 1.82) is 0 Å². The van der Waals surface area contributed by atoms with Crippen LogP contribution in [0.1, 0.15) is 30.4 Å². The molecule has 0 unspecified atom stereocenters. The number of carbonyl (C=O) groups is 1. The normalized spacial score (nSPS) is 11.6. The lowest BCUT2D eigenvalue weighted by Crippen LogP contribution is -2.41. The molecule has 0 aromatic carbocycles. The fourth-order valence-electron chi connectivity index (χ4n) is 1.50. The minimum atomic E-state index is -0.0462. The van der Waals surface area contributed by atoms with Crippen LogP contribution < -0.4 is 5.73 Å². The summed E-state index contributed by atoms with van der Waals surface area (Å²) >= 11 is 4.86. The van der Waals surface area contributed by atoms with Crippen molar-refractivity contribution < 1.29 is 4.79 Å². The van der Waals surface area contributed by atoms with Gasteiger partial charge in [-0.25, -0.2) is 0 Å². The van der Waals surface area contributed by atoms with Crippen LogP contribution in [0.5, 0.6) is 0 Å². The van der Waals surface area contributed by atoms with Crippen LogP contribution in [0.2, 0.25) is 0 Å². The molecule has 96 valence electrons. The maximum Gasteiger partial charge on any atom is 0.265 e. The molecule has 0 aliphatic carbocycles. The third kappa shape index (κ3) is 3.79. The molecule has 0 bridgehead atoms. The van der Waals surface area contributed by atoms with Gasteiger partial charge in [0.05, 0.1) is 0 Å². The zero-order chi connectivity index (χ0) is 13.1. The van der Waals surface area contributed by atoms with E-state index in [1.165, 1.54) is 11.3 Å². The first kappa shape index (κ1) is 14.7. The minimum absolute atomic E-state index is 0.0462. The fraction of sp³-hybridized carbons (Fsp3) is 0.583. The van der Waals surface area contributed by atoms with Gasteiger partial charge < -0.3 is 10.6 Å². The average molecular weight is 319 g/mol. The van der Waals surface area contributed by atoms with Crippen molar-refractivity contribution in [2.45, 2.75) is 20.8 Å². The summed E-state index contributed by atoms with van der Waals surface area (Å²) in [5.74, 6) is 0.0795. The van der Waals surface area contributed by atoms with E-state index in [1.807, 2.05) is 23.3 Å². The Kier molecular flexibility index (Phi) is 5.16. The Labute approximate surface area is 115 Å². The summed E-state index contributed by atoms with van der Waals surface area (Å²) in [4.78, 5) is 14.9. The van der Waals surface area contributed by atoms with E-state index in [1.54, 1.807) is 0 Å². The van der Waals surface area contributed by atoms with Crippen molar-refractivity contribution in [2.75, 3.05) is 19.6 Å². The summed E-state index contributed by atoms with van der Waals surface area (Å²) in [6, 6.07) is 1.90. The Morgan fingerprint density at radius 2 is 2.24 bits per heavy atom. The van der Waals surface area contributed by atoms with Gasteiger partial charge in [0.25, 0.3) is 5.91 Å². The molecule has 1 aromatic heterocycles. The SMILES string of the molecule is CCN(CC(C)(C)CN)C(=O)c1sccc1Br. The first-order valence-corrected chi connectivity index (χ1v) is 7.31. The van der Waals surface area contributed by atoms with E-state index < -0.39 is 0 Å². The molecule has 1 heterocycles. The molecule has 1 aromatic rings. The van der Waals surface area contributed by atoms with Crippen molar-refractivity contribution >= 4 is 33.2 Å². The van der Waals surface area contributed by atoms with E-state index in [0.717, 1.165) is 9.35 Å². The first-order chi connectivity index (χ1) is 7.91. The van der Waals surface area contributed by atoms with Gasteiger partial charge >= 0.3 is 0 Å². The summed E-state index contributed by atoms with van der Waals surface area (Å²) in [6.07, 6.45) is 0. The molecule has 1 rings (SSSR count). The molecule has 0 aliphatic rings. The number of thiophene rings is 1. The maximum atomic E-state index is 12.3.